The van der Waals surface area contributed by atoms with Crippen LogP contribution in [-0.2, 0) is 6.54 Å². The van der Waals surface area contributed by atoms with Crippen molar-refractivity contribution in [3.05, 3.63) is 54.1 Å². The lowest BCUT2D eigenvalue weighted by Crippen LogP contribution is -2.32. The molecule has 0 aliphatic carbocycles. The molecule has 3 heteroatoms. The molecule has 0 unspecified atom stereocenters. The normalized spacial score (nSPS) is 16.9. The van der Waals surface area contributed by atoms with Gasteiger partial charge in [-0.3, -0.25) is 4.90 Å². The predicted molar refractivity (Wildman–Crippen MR) is 95.2 cm³/mol. The quantitative estimate of drug-likeness (QED) is 0.774. The highest BCUT2D eigenvalue weighted by molar-refractivity contribution is 5.79. The molecule has 118 valence electrons. The number of H-pyrrole nitrogens is 1. The zero-order valence-corrected chi connectivity index (χ0v) is 13.6. The van der Waals surface area contributed by atoms with Crippen LogP contribution in [-0.4, -0.2) is 28.0 Å². The fourth-order valence-corrected chi connectivity index (χ4v) is 3.34. The van der Waals surface area contributed by atoms with Crippen molar-refractivity contribution in [2.24, 2.45) is 5.92 Å². The van der Waals surface area contributed by atoms with Gasteiger partial charge in [0.2, 0.25) is 0 Å². The number of likely N-dealkylation sites (tertiary alicyclic amines) is 1. The lowest BCUT2D eigenvalue weighted by Gasteiger charge is -2.30. The van der Waals surface area contributed by atoms with Gasteiger partial charge in [0.25, 0.3) is 0 Å². The van der Waals surface area contributed by atoms with Gasteiger partial charge in [-0.25, -0.2) is 4.98 Å². The minimum absolute atomic E-state index is 0.890. The molecular weight excluding hydrogens is 282 g/mol. The monoisotopic (exact) mass is 305 g/mol. The van der Waals surface area contributed by atoms with E-state index in [0.29, 0.717) is 0 Å². The summed E-state index contributed by atoms with van der Waals surface area (Å²) < 4.78 is 0. The lowest BCUT2D eigenvalue weighted by molar-refractivity contribution is 0.185. The van der Waals surface area contributed by atoms with Crippen molar-refractivity contribution in [3.63, 3.8) is 0 Å². The highest BCUT2D eigenvalue weighted by Gasteiger charge is 2.15. The van der Waals surface area contributed by atoms with Crippen LogP contribution in [0.2, 0.25) is 0 Å². The summed E-state index contributed by atoms with van der Waals surface area (Å²) in [6.45, 7) is 5.88. The minimum atomic E-state index is 0.890. The van der Waals surface area contributed by atoms with E-state index >= 15 is 0 Å². The van der Waals surface area contributed by atoms with Gasteiger partial charge in [0.05, 0.1) is 11.0 Å². The van der Waals surface area contributed by atoms with Crippen LogP contribution in [0.5, 0.6) is 0 Å². The largest absolute Gasteiger partial charge is 0.338 e. The maximum Gasteiger partial charge on any atom is 0.138 e. The van der Waals surface area contributed by atoms with Crippen molar-refractivity contribution in [3.8, 4) is 11.4 Å². The molecule has 1 fully saturated rings. The van der Waals surface area contributed by atoms with Crippen LogP contribution in [0, 0.1) is 5.92 Å². The number of piperidine rings is 1. The Labute approximate surface area is 137 Å². The average molecular weight is 305 g/mol. The number of imidazole rings is 1. The second kappa shape index (κ2) is 6.17. The summed E-state index contributed by atoms with van der Waals surface area (Å²) in [5.74, 6) is 1.84. The Morgan fingerprint density at radius 1 is 1.04 bits per heavy atom. The van der Waals surface area contributed by atoms with E-state index < -0.39 is 0 Å². The van der Waals surface area contributed by atoms with Gasteiger partial charge in [0.15, 0.2) is 0 Å². The molecule has 0 bridgehead atoms. The lowest BCUT2D eigenvalue weighted by atomic mass is 9.99. The molecule has 1 aromatic heterocycles. The van der Waals surface area contributed by atoms with Crippen molar-refractivity contribution in [1.29, 1.82) is 0 Å². The number of nitrogens with zero attached hydrogens (tertiary/aromatic N) is 2. The summed E-state index contributed by atoms with van der Waals surface area (Å²) in [6, 6.07) is 17.0. The molecule has 2 heterocycles. The number of benzene rings is 2. The number of para-hydroxylation sites is 2. The van der Waals surface area contributed by atoms with E-state index in [9.17, 15) is 0 Å². The maximum atomic E-state index is 4.67. The molecular formula is C20H23N3. The summed E-state index contributed by atoms with van der Waals surface area (Å²) in [6.07, 6.45) is 2.66. The van der Waals surface area contributed by atoms with Gasteiger partial charge in [-0.1, -0.05) is 43.3 Å². The van der Waals surface area contributed by atoms with E-state index in [1.165, 1.54) is 31.5 Å². The molecule has 0 spiro atoms. The van der Waals surface area contributed by atoms with Crippen molar-refractivity contribution in [1.82, 2.24) is 14.9 Å². The second-order valence-corrected chi connectivity index (χ2v) is 6.76. The highest BCUT2D eigenvalue weighted by atomic mass is 15.1. The fraction of sp³-hybridized carbons (Fsp3) is 0.350. The van der Waals surface area contributed by atoms with Crippen LogP contribution in [0.1, 0.15) is 25.3 Å². The van der Waals surface area contributed by atoms with Crippen LogP contribution in [0.3, 0.4) is 0 Å². The maximum absolute atomic E-state index is 4.67. The molecule has 4 rings (SSSR count). The Morgan fingerprint density at radius 2 is 1.78 bits per heavy atom. The first-order valence-electron chi connectivity index (χ1n) is 8.54. The molecule has 23 heavy (non-hydrogen) atoms. The number of rotatable bonds is 3. The van der Waals surface area contributed by atoms with Gasteiger partial charge < -0.3 is 4.98 Å². The van der Waals surface area contributed by atoms with Gasteiger partial charge in [-0.15, -0.1) is 0 Å². The van der Waals surface area contributed by atoms with Crippen LogP contribution in [0.25, 0.3) is 22.4 Å². The Morgan fingerprint density at radius 3 is 2.52 bits per heavy atom. The summed E-state index contributed by atoms with van der Waals surface area (Å²) in [4.78, 5) is 10.6. The van der Waals surface area contributed by atoms with Crippen LogP contribution >= 0.6 is 0 Å². The Kier molecular flexibility index (Phi) is 3.88. The van der Waals surface area contributed by atoms with Crippen molar-refractivity contribution in [2.45, 2.75) is 26.3 Å². The van der Waals surface area contributed by atoms with Crippen molar-refractivity contribution >= 4 is 11.0 Å². The van der Waals surface area contributed by atoms with Crippen LogP contribution < -0.4 is 0 Å². The van der Waals surface area contributed by atoms with E-state index in [4.69, 9.17) is 0 Å². The molecule has 1 saturated heterocycles. The summed E-state index contributed by atoms with van der Waals surface area (Å²) >= 11 is 0. The SMILES string of the molecule is CC1CCN(Cc2ccc(-c3nc4ccccc4[nH]3)cc2)CC1. The first-order chi connectivity index (χ1) is 11.3. The molecule has 2 aromatic carbocycles. The van der Waals surface area contributed by atoms with Crippen molar-refractivity contribution < 1.29 is 0 Å². The highest BCUT2D eigenvalue weighted by Crippen LogP contribution is 2.22. The summed E-state index contributed by atoms with van der Waals surface area (Å²) in [7, 11) is 0. The molecule has 1 aliphatic heterocycles. The third-order valence-electron chi connectivity index (χ3n) is 4.90. The number of nitrogens with one attached hydrogen (secondary N) is 1. The molecule has 1 aliphatic rings. The molecule has 1 N–H and O–H groups in total. The number of aromatic nitrogens is 2. The third-order valence-corrected chi connectivity index (χ3v) is 4.90. The molecule has 0 radical (unpaired) electrons. The fourth-order valence-electron chi connectivity index (χ4n) is 3.34. The van der Waals surface area contributed by atoms with Gasteiger partial charge in [0.1, 0.15) is 5.82 Å². The van der Waals surface area contributed by atoms with E-state index in [-0.39, 0.29) is 0 Å². The van der Waals surface area contributed by atoms with Crippen molar-refractivity contribution in [2.75, 3.05) is 13.1 Å². The second-order valence-electron chi connectivity index (χ2n) is 6.76. The Bertz CT molecular complexity index is 747. The topological polar surface area (TPSA) is 31.9 Å². The zero-order valence-electron chi connectivity index (χ0n) is 13.6. The Hall–Kier alpha value is -2.13. The first kappa shape index (κ1) is 14.5. The number of fused-ring (bicyclic) bond motifs is 1. The van der Waals surface area contributed by atoms with Crippen LogP contribution in [0.4, 0.5) is 0 Å². The molecule has 0 amide bonds. The zero-order chi connectivity index (χ0) is 15.6. The van der Waals surface area contributed by atoms with E-state index in [1.54, 1.807) is 0 Å². The predicted octanol–water partition coefficient (Wildman–Crippen LogP) is 4.46. The standard InChI is InChI=1S/C20H23N3/c1-15-10-12-23(13-11-15)14-16-6-8-17(9-7-16)20-21-18-4-2-3-5-19(18)22-20/h2-9,15H,10-14H2,1H3,(H,21,22). The van der Waals surface area contributed by atoms with E-state index in [0.717, 1.165) is 34.9 Å². The number of hydrogen-bond donors (Lipinski definition) is 1. The number of hydrogen-bond acceptors (Lipinski definition) is 2. The molecule has 0 saturated carbocycles. The molecule has 0 atom stereocenters. The van der Waals surface area contributed by atoms with Gasteiger partial charge in [-0.05, 0) is 49.5 Å². The third kappa shape index (κ3) is 3.15. The molecule has 3 nitrogen and oxygen atoms in total. The summed E-state index contributed by atoms with van der Waals surface area (Å²) in [5, 5.41) is 0. The first-order valence-corrected chi connectivity index (χ1v) is 8.54. The summed E-state index contributed by atoms with van der Waals surface area (Å²) in [5.41, 5.74) is 4.65. The Balaban J connectivity index is 1.49. The van der Waals surface area contributed by atoms with Gasteiger partial charge >= 0.3 is 0 Å². The molecule has 3 aromatic rings. The van der Waals surface area contributed by atoms with E-state index in [1.807, 2.05) is 18.2 Å². The minimum Gasteiger partial charge on any atom is -0.338 e. The smallest absolute Gasteiger partial charge is 0.138 e. The van der Waals surface area contributed by atoms with E-state index in [2.05, 4.69) is 52.1 Å². The van der Waals surface area contributed by atoms with Gasteiger partial charge in [-0.2, -0.15) is 0 Å². The average Bonchev–Trinajstić information content (AvgIpc) is 3.02. The number of aromatic amines is 1. The van der Waals surface area contributed by atoms with Gasteiger partial charge in [0, 0.05) is 12.1 Å². The van der Waals surface area contributed by atoms with Crippen LogP contribution in [0.15, 0.2) is 48.5 Å².